The zero-order valence-corrected chi connectivity index (χ0v) is 16.8. The molecule has 146 valence electrons. The van der Waals surface area contributed by atoms with Crippen LogP contribution in [0.1, 0.15) is 44.7 Å². The Bertz CT molecular complexity index is 829. The monoisotopic (exact) mass is 396 g/mol. The quantitative estimate of drug-likeness (QED) is 0.521. The first-order chi connectivity index (χ1) is 13.6. The van der Waals surface area contributed by atoms with E-state index in [0.717, 1.165) is 11.5 Å². The number of fused-ring (bicyclic) bond motifs is 1. The number of carbonyl (C=O) groups excluding carboxylic acids is 3. The minimum absolute atomic E-state index is 0.0486. The van der Waals surface area contributed by atoms with Gasteiger partial charge in [-0.3, -0.25) is 19.3 Å². The molecule has 5 nitrogen and oxygen atoms in total. The molecule has 0 bridgehead atoms. The van der Waals surface area contributed by atoms with Crippen molar-refractivity contribution in [2.75, 3.05) is 18.8 Å². The number of amides is 3. The van der Waals surface area contributed by atoms with Gasteiger partial charge in [0.1, 0.15) is 0 Å². The van der Waals surface area contributed by atoms with Crippen LogP contribution in [-0.2, 0) is 10.5 Å². The van der Waals surface area contributed by atoms with Crippen LogP contribution in [0, 0.1) is 6.92 Å². The van der Waals surface area contributed by atoms with Gasteiger partial charge in [0.05, 0.1) is 11.1 Å². The summed E-state index contributed by atoms with van der Waals surface area (Å²) in [5, 5.41) is 2.89. The number of imide groups is 1. The summed E-state index contributed by atoms with van der Waals surface area (Å²) in [7, 11) is 0. The number of aryl methyl sites for hydroxylation is 1. The summed E-state index contributed by atoms with van der Waals surface area (Å²) in [6.07, 6.45) is 0.768. The third-order valence-corrected chi connectivity index (χ3v) is 5.65. The molecule has 3 rings (SSSR count). The first-order valence-corrected chi connectivity index (χ1v) is 10.6. The fraction of sp³-hybridized carbons (Fsp3) is 0.318. The topological polar surface area (TPSA) is 66.5 Å². The number of hydrogen-bond acceptors (Lipinski definition) is 4. The fourth-order valence-electron chi connectivity index (χ4n) is 3.07. The highest BCUT2D eigenvalue weighted by Gasteiger charge is 2.34. The second kappa shape index (κ2) is 9.55. The van der Waals surface area contributed by atoms with Gasteiger partial charge in [-0.05, 0) is 31.0 Å². The van der Waals surface area contributed by atoms with Gasteiger partial charge in [-0.2, -0.15) is 11.8 Å². The lowest BCUT2D eigenvalue weighted by atomic mass is 10.1. The van der Waals surface area contributed by atoms with Gasteiger partial charge in [0.25, 0.3) is 11.8 Å². The molecule has 1 aliphatic rings. The van der Waals surface area contributed by atoms with E-state index in [1.807, 2.05) is 0 Å². The maximum absolute atomic E-state index is 12.3. The van der Waals surface area contributed by atoms with Crippen molar-refractivity contribution in [3.05, 3.63) is 70.8 Å². The van der Waals surface area contributed by atoms with Crippen molar-refractivity contribution in [2.24, 2.45) is 0 Å². The lowest BCUT2D eigenvalue weighted by molar-refractivity contribution is -0.121. The highest BCUT2D eigenvalue weighted by Crippen LogP contribution is 2.22. The van der Waals surface area contributed by atoms with Crippen LogP contribution in [0.15, 0.2) is 48.5 Å². The number of nitrogens with one attached hydrogen (secondary N) is 1. The second-order valence-corrected chi connectivity index (χ2v) is 7.90. The van der Waals surface area contributed by atoms with Gasteiger partial charge in [0.2, 0.25) is 5.91 Å². The first kappa shape index (κ1) is 20.1. The first-order valence-electron chi connectivity index (χ1n) is 9.41. The number of thioether (sulfide) groups is 1. The number of rotatable bonds is 9. The molecule has 1 aliphatic heterocycles. The Morgan fingerprint density at radius 2 is 1.64 bits per heavy atom. The van der Waals surface area contributed by atoms with Crippen molar-refractivity contribution in [1.29, 1.82) is 0 Å². The van der Waals surface area contributed by atoms with Gasteiger partial charge in [-0.25, -0.2) is 0 Å². The minimum Gasteiger partial charge on any atom is -0.355 e. The normalized spacial score (nSPS) is 13.0. The third kappa shape index (κ3) is 5.01. The summed E-state index contributed by atoms with van der Waals surface area (Å²) in [5.41, 5.74) is 3.43. The van der Waals surface area contributed by atoms with Gasteiger partial charge in [0.15, 0.2) is 0 Å². The van der Waals surface area contributed by atoms with E-state index >= 15 is 0 Å². The largest absolute Gasteiger partial charge is 0.355 e. The summed E-state index contributed by atoms with van der Waals surface area (Å²) < 4.78 is 0. The van der Waals surface area contributed by atoms with Gasteiger partial charge in [-0.15, -0.1) is 0 Å². The van der Waals surface area contributed by atoms with E-state index in [1.165, 1.54) is 16.0 Å². The second-order valence-electron chi connectivity index (χ2n) is 6.80. The highest BCUT2D eigenvalue weighted by atomic mass is 32.2. The van der Waals surface area contributed by atoms with E-state index in [9.17, 15) is 14.4 Å². The molecule has 0 atom stereocenters. The van der Waals surface area contributed by atoms with Crippen molar-refractivity contribution in [3.8, 4) is 0 Å². The third-order valence-electron chi connectivity index (χ3n) is 4.62. The van der Waals surface area contributed by atoms with Gasteiger partial charge >= 0.3 is 0 Å². The molecule has 6 heteroatoms. The number of carbonyl (C=O) groups is 3. The van der Waals surface area contributed by atoms with E-state index in [1.54, 1.807) is 36.0 Å². The van der Waals surface area contributed by atoms with Crippen LogP contribution >= 0.6 is 11.8 Å². The molecule has 0 saturated heterocycles. The van der Waals surface area contributed by atoms with Crippen LogP contribution in [0.25, 0.3) is 0 Å². The zero-order valence-electron chi connectivity index (χ0n) is 15.9. The van der Waals surface area contributed by atoms with E-state index in [4.69, 9.17) is 0 Å². The Balaban J connectivity index is 1.30. The number of hydrogen-bond donors (Lipinski definition) is 1. The average Bonchev–Trinajstić information content (AvgIpc) is 2.94. The van der Waals surface area contributed by atoms with E-state index in [2.05, 4.69) is 36.5 Å². The predicted octanol–water partition coefficient (Wildman–Crippen LogP) is 3.42. The maximum atomic E-state index is 12.3. The Morgan fingerprint density at radius 3 is 2.29 bits per heavy atom. The van der Waals surface area contributed by atoms with E-state index in [-0.39, 0.29) is 24.3 Å². The zero-order chi connectivity index (χ0) is 19.9. The molecule has 28 heavy (non-hydrogen) atoms. The average molecular weight is 397 g/mol. The standard InChI is InChI=1S/C22H24N2O3S/c1-16-8-10-17(11-9-16)15-28-14-12-23-20(25)7-4-13-24-21(26)18-5-2-3-6-19(18)22(24)27/h2-3,5-6,8-11H,4,7,12-15H2,1H3,(H,23,25). The van der Waals surface area contributed by atoms with Crippen molar-refractivity contribution in [2.45, 2.75) is 25.5 Å². The predicted molar refractivity (Wildman–Crippen MR) is 111 cm³/mol. The van der Waals surface area contributed by atoms with Crippen molar-refractivity contribution < 1.29 is 14.4 Å². The van der Waals surface area contributed by atoms with E-state index in [0.29, 0.717) is 30.5 Å². The Labute approximate surface area is 169 Å². The number of nitrogens with zero attached hydrogens (tertiary/aromatic N) is 1. The molecule has 0 fully saturated rings. The molecule has 0 radical (unpaired) electrons. The summed E-state index contributed by atoms with van der Waals surface area (Å²) >= 11 is 1.78. The van der Waals surface area contributed by atoms with Crippen molar-refractivity contribution >= 4 is 29.5 Å². The minimum atomic E-state index is -0.270. The molecule has 1 N–H and O–H groups in total. The van der Waals surface area contributed by atoms with Gasteiger partial charge in [0, 0.05) is 31.0 Å². The van der Waals surface area contributed by atoms with Crippen LogP contribution in [-0.4, -0.2) is 41.5 Å². The van der Waals surface area contributed by atoms with E-state index < -0.39 is 0 Å². The van der Waals surface area contributed by atoms with Gasteiger partial charge < -0.3 is 5.32 Å². The van der Waals surface area contributed by atoms with Crippen LogP contribution in [0.5, 0.6) is 0 Å². The van der Waals surface area contributed by atoms with Crippen LogP contribution < -0.4 is 5.32 Å². The molecular weight excluding hydrogens is 372 g/mol. The molecule has 1 heterocycles. The van der Waals surface area contributed by atoms with Crippen LogP contribution in [0.2, 0.25) is 0 Å². The Hall–Kier alpha value is -2.60. The molecule has 0 spiro atoms. The lowest BCUT2D eigenvalue weighted by Gasteiger charge is -2.13. The van der Waals surface area contributed by atoms with Gasteiger partial charge in [-0.1, -0.05) is 42.0 Å². The van der Waals surface area contributed by atoms with Crippen LogP contribution in [0.3, 0.4) is 0 Å². The number of benzene rings is 2. The molecular formula is C22H24N2O3S. The Morgan fingerprint density at radius 1 is 1.00 bits per heavy atom. The molecule has 0 unspecified atom stereocenters. The highest BCUT2D eigenvalue weighted by molar-refractivity contribution is 7.98. The van der Waals surface area contributed by atoms with Crippen molar-refractivity contribution in [1.82, 2.24) is 10.2 Å². The molecule has 2 aromatic rings. The SMILES string of the molecule is Cc1ccc(CSCCNC(=O)CCCN2C(=O)c3ccccc3C2=O)cc1. The van der Waals surface area contributed by atoms with Crippen LogP contribution in [0.4, 0.5) is 0 Å². The van der Waals surface area contributed by atoms with Crippen molar-refractivity contribution in [3.63, 3.8) is 0 Å². The maximum Gasteiger partial charge on any atom is 0.261 e. The summed E-state index contributed by atoms with van der Waals surface area (Å²) in [6.45, 7) is 2.95. The lowest BCUT2D eigenvalue weighted by Crippen LogP contribution is -2.32. The summed E-state index contributed by atoms with van der Waals surface area (Å²) in [5.74, 6) is 1.18. The molecule has 2 aromatic carbocycles. The summed E-state index contributed by atoms with van der Waals surface area (Å²) in [6, 6.07) is 15.3. The Kier molecular flexibility index (Phi) is 6.87. The smallest absolute Gasteiger partial charge is 0.261 e. The summed E-state index contributed by atoms with van der Waals surface area (Å²) in [4.78, 5) is 37.7. The molecule has 0 aromatic heterocycles. The fourth-order valence-corrected chi connectivity index (χ4v) is 3.88. The molecule has 3 amide bonds. The molecule has 0 saturated carbocycles. The molecule has 0 aliphatic carbocycles.